The van der Waals surface area contributed by atoms with Crippen molar-refractivity contribution in [1.82, 2.24) is 4.90 Å². The van der Waals surface area contributed by atoms with Crippen molar-refractivity contribution in [2.24, 2.45) is 23.7 Å². The van der Waals surface area contributed by atoms with Gasteiger partial charge in [-0.3, -0.25) is 9.68 Å². The number of halogens is 1. The molecular formula is C34H45IN4O9+2. The Balaban J connectivity index is 1.23. The molecule has 13 nitrogen and oxygen atoms in total. The molecule has 3 unspecified atom stereocenters. The first-order chi connectivity index (χ1) is 23.0. The van der Waals surface area contributed by atoms with E-state index in [1.54, 1.807) is 6.92 Å². The number of hydrogen-bond acceptors (Lipinski definition) is 10. The first-order valence-electron chi connectivity index (χ1n) is 16.3. The first-order valence-corrected chi connectivity index (χ1v) is 17.4. The minimum Gasteiger partial charge on any atom is -0.488 e. The molecule has 2 N–H and O–H groups in total. The number of β-lactam (4-membered cyclic amide) rings is 1. The zero-order valence-corrected chi connectivity index (χ0v) is 29.7. The van der Waals surface area contributed by atoms with Gasteiger partial charge in [-0.25, -0.2) is 14.4 Å². The van der Waals surface area contributed by atoms with E-state index < -0.39 is 29.8 Å². The summed E-state index contributed by atoms with van der Waals surface area (Å²) in [6.45, 7) is 18.1. The molecule has 0 spiro atoms. The van der Waals surface area contributed by atoms with Crippen LogP contribution in [0.25, 0.3) is 0 Å². The number of quaternary nitrogens is 2. The molecule has 260 valence electrons. The maximum atomic E-state index is 13.4. The van der Waals surface area contributed by atoms with Gasteiger partial charge >= 0.3 is 17.9 Å². The molecule has 4 saturated heterocycles. The Labute approximate surface area is 294 Å². The van der Waals surface area contributed by atoms with Crippen LogP contribution in [0.5, 0.6) is 5.75 Å². The van der Waals surface area contributed by atoms with Crippen molar-refractivity contribution >= 4 is 46.4 Å². The molecule has 0 radical (unpaired) electrons. The summed E-state index contributed by atoms with van der Waals surface area (Å²) in [6, 6.07) is 5.71. The molecular weight excluding hydrogens is 735 g/mol. The Bertz CT molecular complexity index is 1470. The second-order valence-electron chi connectivity index (χ2n) is 13.2. The largest absolute Gasteiger partial charge is 0.488 e. The van der Waals surface area contributed by atoms with Gasteiger partial charge in [-0.1, -0.05) is 38.6 Å². The van der Waals surface area contributed by atoms with E-state index >= 15 is 0 Å². The predicted molar refractivity (Wildman–Crippen MR) is 181 cm³/mol. The van der Waals surface area contributed by atoms with E-state index in [2.05, 4.69) is 52.7 Å². The van der Waals surface area contributed by atoms with Crippen LogP contribution in [0.2, 0.25) is 0 Å². The Kier molecular flexibility index (Phi) is 11.3. The summed E-state index contributed by atoms with van der Waals surface area (Å²) >= 11 is 2.26. The maximum absolute atomic E-state index is 13.4. The minimum atomic E-state index is -0.790. The van der Waals surface area contributed by atoms with Crippen LogP contribution in [-0.4, -0.2) is 116 Å². The first kappa shape index (κ1) is 36.0. The standard InChI is InChI=1S/C34H45IN4O9/c1-5-17-44-34(43)31-25(22(3)30-29(32(41)37(30)31)23(4)33(42)48-46-18-6-2)21-45-27-8-7-24(19-26(27)35)9-10-38-11-14-39(15-12-38,16-13-38)20-28(40)47-36/h5-8,19,22-23,29-30H,1-2,9-18,20-21,36H2,3-4H3/q+2/t22-,23?,29?,30?,38?,39?/m0/s1. The highest BCUT2D eigenvalue weighted by molar-refractivity contribution is 14.1. The fourth-order valence-corrected chi connectivity index (χ4v) is 8.31. The molecule has 5 aliphatic heterocycles. The van der Waals surface area contributed by atoms with Crippen molar-refractivity contribution in [3.63, 3.8) is 0 Å². The fourth-order valence-electron chi connectivity index (χ4n) is 7.57. The van der Waals surface area contributed by atoms with E-state index in [-0.39, 0.29) is 43.3 Å². The van der Waals surface area contributed by atoms with Crippen LogP contribution in [0.4, 0.5) is 0 Å². The number of fused-ring (bicyclic) bond motifs is 4. The molecule has 1 aromatic carbocycles. The molecule has 1 amide bonds. The topological polar surface area (TPSA) is 144 Å². The van der Waals surface area contributed by atoms with Gasteiger partial charge in [0.15, 0.2) is 6.54 Å². The lowest BCUT2D eigenvalue weighted by Crippen LogP contribution is -2.76. The molecule has 0 saturated carbocycles. The third-order valence-corrected chi connectivity index (χ3v) is 11.4. The summed E-state index contributed by atoms with van der Waals surface area (Å²) in [7, 11) is 0. The smallest absolute Gasteiger partial charge is 0.380 e. The number of piperazine rings is 3. The van der Waals surface area contributed by atoms with Crippen molar-refractivity contribution in [2.45, 2.75) is 26.3 Å². The second kappa shape index (κ2) is 15.1. The van der Waals surface area contributed by atoms with Gasteiger partial charge in [0.25, 0.3) is 0 Å². The van der Waals surface area contributed by atoms with Crippen LogP contribution in [0.3, 0.4) is 0 Å². The highest BCUT2D eigenvalue weighted by Gasteiger charge is 2.61. The average molecular weight is 781 g/mol. The molecule has 5 heterocycles. The summed E-state index contributed by atoms with van der Waals surface area (Å²) in [6.07, 6.45) is 3.83. The van der Waals surface area contributed by atoms with Gasteiger partial charge in [-0.05, 0) is 40.3 Å². The molecule has 14 heteroatoms. The zero-order valence-electron chi connectivity index (χ0n) is 27.6. The summed E-state index contributed by atoms with van der Waals surface area (Å²) in [5, 5.41) is 0. The fraction of sp³-hybridized carbons (Fsp3) is 0.529. The van der Waals surface area contributed by atoms with Gasteiger partial charge in [0.2, 0.25) is 5.91 Å². The summed E-state index contributed by atoms with van der Waals surface area (Å²) in [5.74, 6) is 2.01. The molecule has 1 aromatic rings. The van der Waals surface area contributed by atoms with Crippen molar-refractivity contribution in [2.75, 3.05) is 72.2 Å². The van der Waals surface area contributed by atoms with Crippen LogP contribution in [0.15, 0.2) is 54.8 Å². The number of benzene rings is 1. The predicted octanol–water partition coefficient (Wildman–Crippen LogP) is 2.05. The van der Waals surface area contributed by atoms with Crippen molar-refractivity contribution in [3.8, 4) is 5.75 Å². The number of carbonyl (C=O) groups excluding carboxylic acids is 4. The molecule has 4 fully saturated rings. The summed E-state index contributed by atoms with van der Waals surface area (Å²) in [5.41, 5.74) is 2.00. The highest BCUT2D eigenvalue weighted by Crippen LogP contribution is 2.49. The molecule has 4 atom stereocenters. The van der Waals surface area contributed by atoms with E-state index in [0.29, 0.717) is 17.9 Å². The number of hydrogen-bond donors (Lipinski definition) is 1. The Morgan fingerprint density at radius 2 is 1.75 bits per heavy atom. The van der Waals surface area contributed by atoms with Crippen molar-refractivity contribution in [1.29, 1.82) is 0 Å². The number of rotatable bonds is 16. The Hall–Kier alpha value is -3.31. The van der Waals surface area contributed by atoms with Crippen LogP contribution in [0, 0.1) is 21.3 Å². The third-order valence-electron chi connectivity index (χ3n) is 10.6. The maximum Gasteiger partial charge on any atom is 0.380 e. The van der Waals surface area contributed by atoms with Gasteiger partial charge in [-0.15, -0.1) is 6.58 Å². The van der Waals surface area contributed by atoms with E-state index in [1.165, 1.54) is 22.6 Å². The molecule has 5 aliphatic rings. The number of ether oxygens (including phenoxy) is 2. The summed E-state index contributed by atoms with van der Waals surface area (Å²) in [4.78, 5) is 66.6. The number of amides is 1. The molecule has 0 aromatic heterocycles. The van der Waals surface area contributed by atoms with E-state index in [1.807, 2.05) is 13.0 Å². The van der Waals surface area contributed by atoms with Gasteiger partial charge in [0.1, 0.15) is 70.5 Å². The van der Waals surface area contributed by atoms with Crippen LogP contribution in [-0.2, 0) is 44.9 Å². The summed E-state index contributed by atoms with van der Waals surface area (Å²) < 4.78 is 14.4. The lowest BCUT2D eigenvalue weighted by Gasteiger charge is -2.55. The Morgan fingerprint density at radius 1 is 1.08 bits per heavy atom. The van der Waals surface area contributed by atoms with E-state index in [0.717, 1.165) is 64.8 Å². The van der Waals surface area contributed by atoms with Gasteiger partial charge in [0, 0.05) is 17.9 Å². The van der Waals surface area contributed by atoms with E-state index in [9.17, 15) is 19.2 Å². The minimum absolute atomic E-state index is 0.00731. The molecule has 48 heavy (non-hydrogen) atoms. The quantitative estimate of drug-likeness (QED) is 0.0387. The monoisotopic (exact) mass is 780 g/mol. The normalized spacial score (nSPS) is 27.9. The van der Waals surface area contributed by atoms with E-state index in [4.69, 9.17) is 25.1 Å². The highest BCUT2D eigenvalue weighted by atomic mass is 127. The zero-order chi connectivity index (χ0) is 34.6. The molecule has 0 aliphatic carbocycles. The van der Waals surface area contributed by atoms with Crippen LogP contribution < -0.4 is 10.6 Å². The number of nitrogens with two attached hydrogens (primary N) is 1. The lowest BCUT2D eigenvalue weighted by atomic mass is 9.74. The SMILES string of the molecule is C=CCOOC(=O)C(C)C1C(=O)N2C(C(=O)OCC=C)=C(COc3ccc(CC[N+]45CC[N+](CC(=O)ON)(CC4)CC5)cc3I)[C@H](C)C12. The van der Waals surface area contributed by atoms with Gasteiger partial charge in [-0.2, -0.15) is 10.8 Å². The third kappa shape index (κ3) is 7.18. The Morgan fingerprint density at radius 3 is 2.38 bits per heavy atom. The molecule has 6 rings (SSSR count). The van der Waals surface area contributed by atoms with Crippen LogP contribution >= 0.6 is 22.6 Å². The van der Waals surface area contributed by atoms with Crippen LogP contribution in [0.1, 0.15) is 19.4 Å². The van der Waals surface area contributed by atoms with Gasteiger partial charge < -0.3 is 28.2 Å². The van der Waals surface area contributed by atoms with Crippen molar-refractivity contribution < 1.29 is 52.2 Å². The lowest BCUT2D eigenvalue weighted by molar-refractivity contribution is -1.08. The average Bonchev–Trinajstić information content (AvgIpc) is 3.34. The second-order valence-corrected chi connectivity index (χ2v) is 14.4. The van der Waals surface area contributed by atoms with Gasteiger partial charge in [0.05, 0.1) is 28.0 Å². The number of carbonyl (C=O) groups is 4. The number of esters is 1. The number of nitrogens with zero attached hydrogens (tertiary/aromatic N) is 3. The van der Waals surface area contributed by atoms with Crippen molar-refractivity contribution in [3.05, 3.63) is 63.9 Å². The molecule has 2 bridgehead atoms.